The van der Waals surface area contributed by atoms with Crippen LogP contribution in [-0.2, 0) is 0 Å². The van der Waals surface area contributed by atoms with Gasteiger partial charge in [-0.15, -0.1) is 0 Å². The molecule has 0 aliphatic heterocycles. The number of nitro groups is 1. The Bertz CT molecular complexity index is 1150. The summed E-state index contributed by atoms with van der Waals surface area (Å²) in [6.45, 7) is 1.72. The van der Waals surface area contributed by atoms with Crippen LogP contribution in [-0.4, -0.2) is 20.2 Å². The van der Waals surface area contributed by atoms with Crippen molar-refractivity contribution in [3.05, 3.63) is 69.4 Å². The van der Waals surface area contributed by atoms with Gasteiger partial charge < -0.3 is 9.05 Å². The Balaban J connectivity index is 1.79. The van der Waals surface area contributed by atoms with Crippen molar-refractivity contribution >= 4 is 17.3 Å². The molecule has 2 heterocycles. The van der Waals surface area contributed by atoms with Crippen LogP contribution in [0.3, 0.4) is 0 Å². The monoisotopic (exact) mass is 382 g/mol. The van der Waals surface area contributed by atoms with Gasteiger partial charge in [0.15, 0.2) is 0 Å². The van der Waals surface area contributed by atoms with E-state index in [4.69, 9.17) is 20.6 Å². The SMILES string of the molecule is Cc1onc(-c2ccccc2Cl)c1-c1nc(-c2cccc([N+](=O)[O-])c2)no1. The van der Waals surface area contributed by atoms with Crippen LogP contribution in [0.15, 0.2) is 57.6 Å². The lowest BCUT2D eigenvalue weighted by atomic mass is 10.1. The average Bonchev–Trinajstić information content (AvgIpc) is 3.29. The first-order chi connectivity index (χ1) is 13.0. The number of hydrogen-bond acceptors (Lipinski definition) is 7. The first-order valence-electron chi connectivity index (χ1n) is 7.84. The van der Waals surface area contributed by atoms with E-state index in [1.807, 2.05) is 12.1 Å². The lowest BCUT2D eigenvalue weighted by Crippen LogP contribution is -1.89. The van der Waals surface area contributed by atoms with E-state index in [2.05, 4.69) is 15.3 Å². The summed E-state index contributed by atoms with van der Waals surface area (Å²) >= 11 is 6.26. The van der Waals surface area contributed by atoms with Gasteiger partial charge in [0.2, 0.25) is 5.82 Å². The number of non-ortho nitro benzene ring substituents is 1. The molecule has 4 rings (SSSR count). The molecule has 4 aromatic rings. The van der Waals surface area contributed by atoms with Gasteiger partial charge in [-0.3, -0.25) is 10.1 Å². The molecule has 0 aliphatic carbocycles. The summed E-state index contributed by atoms with van der Waals surface area (Å²) in [6, 6.07) is 13.2. The maximum Gasteiger partial charge on any atom is 0.270 e. The molecule has 9 heteroatoms. The minimum absolute atomic E-state index is 0.0586. The highest BCUT2D eigenvalue weighted by atomic mass is 35.5. The molecule has 2 aromatic heterocycles. The highest BCUT2D eigenvalue weighted by Crippen LogP contribution is 2.37. The van der Waals surface area contributed by atoms with Crippen LogP contribution in [0.5, 0.6) is 0 Å². The number of nitrogens with zero attached hydrogens (tertiary/aromatic N) is 4. The predicted molar refractivity (Wildman–Crippen MR) is 97.1 cm³/mol. The van der Waals surface area contributed by atoms with Gasteiger partial charge in [-0.25, -0.2) is 0 Å². The normalized spacial score (nSPS) is 10.9. The smallest absolute Gasteiger partial charge is 0.270 e. The second kappa shape index (κ2) is 6.65. The van der Waals surface area contributed by atoms with Crippen molar-refractivity contribution in [3.63, 3.8) is 0 Å². The molecular formula is C18H11ClN4O4. The van der Waals surface area contributed by atoms with Gasteiger partial charge in [-0.1, -0.05) is 52.2 Å². The fourth-order valence-corrected chi connectivity index (χ4v) is 2.89. The maximum atomic E-state index is 11.0. The van der Waals surface area contributed by atoms with E-state index < -0.39 is 4.92 Å². The molecule has 134 valence electrons. The van der Waals surface area contributed by atoms with E-state index in [-0.39, 0.29) is 17.4 Å². The fraction of sp³-hybridized carbons (Fsp3) is 0.0556. The summed E-state index contributed by atoms with van der Waals surface area (Å²) in [5.41, 5.74) is 2.07. The number of aromatic nitrogens is 3. The second-order valence-electron chi connectivity index (χ2n) is 5.67. The Hall–Kier alpha value is -3.52. The summed E-state index contributed by atoms with van der Waals surface area (Å²) in [7, 11) is 0. The van der Waals surface area contributed by atoms with Crippen molar-refractivity contribution in [3.8, 4) is 34.1 Å². The van der Waals surface area contributed by atoms with E-state index >= 15 is 0 Å². The Morgan fingerprint density at radius 1 is 1.07 bits per heavy atom. The van der Waals surface area contributed by atoms with Gasteiger partial charge in [0, 0.05) is 23.3 Å². The molecule has 27 heavy (non-hydrogen) atoms. The molecule has 0 atom stereocenters. The first kappa shape index (κ1) is 16.9. The average molecular weight is 383 g/mol. The standard InChI is InChI=1S/C18H11ClN4O4/c1-10-15(16(21-26-10)13-7-2-3-8-14(13)19)18-20-17(22-27-18)11-5-4-6-12(9-11)23(24)25/h2-9H,1H3. The van der Waals surface area contributed by atoms with Crippen LogP contribution in [0.4, 0.5) is 5.69 Å². The van der Waals surface area contributed by atoms with Gasteiger partial charge >= 0.3 is 0 Å². The minimum Gasteiger partial charge on any atom is -0.360 e. The number of hydrogen-bond donors (Lipinski definition) is 0. The molecule has 2 aromatic carbocycles. The van der Waals surface area contributed by atoms with E-state index in [0.717, 1.165) is 0 Å². The highest BCUT2D eigenvalue weighted by Gasteiger charge is 2.24. The predicted octanol–water partition coefficient (Wildman–Crippen LogP) is 4.93. The van der Waals surface area contributed by atoms with E-state index in [0.29, 0.717) is 33.2 Å². The van der Waals surface area contributed by atoms with Crippen LogP contribution in [0.25, 0.3) is 34.1 Å². The zero-order valence-electron chi connectivity index (χ0n) is 13.9. The molecule has 0 saturated carbocycles. The number of nitro benzene ring substituents is 1. The van der Waals surface area contributed by atoms with Crippen LogP contribution < -0.4 is 0 Å². The first-order valence-corrected chi connectivity index (χ1v) is 8.22. The zero-order valence-corrected chi connectivity index (χ0v) is 14.7. The Labute approximate surface area is 157 Å². The van der Waals surface area contributed by atoms with Crippen molar-refractivity contribution in [1.82, 2.24) is 15.3 Å². The van der Waals surface area contributed by atoms with Crippen LogP contribution >= 0.6 is 11.6 Å². The Morgan fingerprint density at radius 2 is 1.89 bits per heavy atom. The molecule has 0 radical (unpaired) electrons. The van der Waals surface area contributed by atoms with Crippen LogP contribution in [0.1, 0.15) is 5.76 Å². The van der Waals surface area contributed by atoms with E-state index in [1.165, 1.54) is 12.1 Å². The lowest BCUT2D eigenvalue weighted by molar-refractivity contribution is -0.384. The Kier molecular flexibility index (Phi) is 4.17. The molecule has 0 amide bonds. The van der Waals surface area contributed by atoms with Crippen molar-refractivity contribution in [2.24, 2.45) is 0 Å². The van der Waals surface area contributed by atoms with Crippen LogP contribution in [0, 0.1) is 17.0 Å². The number of rotatable bonds is 4. The number of halogens is 1. The molecule has 0 unspecified atom stereocenters. The summed E-state index contributed by atoms with van der Waals surface area (Å²) in [4.78, 5) is 14.8. The summed E-state index contributed by atoms with van der Waals surface area (Å²) in [5.74, 6) is 0.892. The van der Waals surface area contributed by atoms with Crippen molar-refractivity contribution in [2.45, 2.75) is 6.92 Å². The maximum absolute atomic E-state index is 11.0. The summed E-state index contributed by atoms with van der Waals surface area (Å²) in [6.07, 6.45) is 0. The third-order valence-corrected chi connectivity index (χ3v) is 4.28. The quantitative estimate of drug-likeness (QED) is 0.363. The largest absolute Gasteiger partial charge is 0.360 e. The molecule has 8 nitrogen and oxygen atoms in total. The topological polar surface area (TPSA) is 108 Å². The summed E-state index contributed by atoms with van der Waals surface area (Å²) < 4.78 is 10.7. The van der Waals surface area contributed by atoms with Gasteiger partial charge in [-0.05, 0) is 13.0 Å². The Morgan fingerprint density at radius 3 is 2.67 bits per heavy atom. The second-order valence-corrected chi connectivity index (χ2v) is 6.08. The van der Waals surface area contributed by atoms with Gasteiger partial charge in [0.1, 0.15) is 17.0 Å². The number of aryl methyl sites for hydroxylation is 1. The van der Waals surface area contributed by atoms with E-state index in [9.17, 15) is 10.1 Å². The van der Waals surface area contributed by atoms with Crippen molar-refractivity contribution in [1.29, 1.82) is 0 Å². The molecule has 0 bridgehead atoms. The minimum atomic E-state index is -0.482. The van der Waals surface area contributed by atoms with Gasteiger partial charge in [0.05, 0.1) is 9.95 Å². The molecule has 0 saturated heterocycles. The van der Waals surface area contributed by atoms with E-state index in [1.54, 1.807) is 31.2 Å². The molecule has 0 N–H and O–H groups in total. The highest BCUT2D eigenvalue weighted by molar-refractivity contribution is 6.33. The van der Waals surface area contributed by atoms with Gasteiger partial charge in [-0.2, -0.15) is 4.98 Å². The molecule has 0 aliphatic rings. The van der Waals surface area contributed by atoms with Crippen LogP contribution in [0.2, 0.25) is 5.02 Å². The van der Waals surface area contributed by atoms with Crippen molar-refractivity contribution < 1.29 is 14.0 Å². The fourth-order valence-electron chi connectivity index (χ4n) is 2.66. The zero-order chi connectivity index (χ0) is 19.0. The van der Waals surface area contributed by atoms with Crippen molar-refractivity contribution in [2.75, 3.05) is 0 Å². The van der Waals surface area contributed by atoms with Gasteiger partial charge in [0.25, 0.3) is 11.6 Å². The summed E-state index contributed by atoms with van der Waals surface area (Å²) in [5, 5.41) is 19.5. The third kappa shape index (κ3) is 3.06. The molecule has 0 spiro atoms. The molecular weight excluding hydrogens is 372 g/mol. The lowest BCUT2D eigenvalue weighted by Gasteiger charge is -2.00. The third-order valence-electron chi connectivity index (χ3n) is 3.95. The molecule has 0 fully saturated rings. The number of benzene rings is 2.